The van der Waals surface area contributed by atoms with Crippen LogP contribution in [-0.2, 0) is 21.7 Å². The van der Waals surface area contributed by atoms with Crippen LogP contribution in [-0.4, -0.2) is 44.4 Å². The molecule has 1 unspecified atom stereocenters. The number of fused-ring (bicyclic) bond motifs is 3. The van der Waals surface area contributed by atoms with Gasteiger partial charge in [0, 0.05) is 24.6 Å². The molecule has 1 atom stereocenters. The van der Waals surface area contributed by atoms with Crippen LogP contribution in [0.4, 0.5) is 0 Å². The number of guanidine groups is 1. The summed E-state index contributed by atoms with van der Waals surface area (Å²) >= 11 is 0. The van der Waals surface area contributed by atoms with E-state index in [-0.39, 0.29) is 5.41 Å². The van der Waals surface area contributed by atoms with Crippen molar-refractivity contribution in [3.05, 3.63) is 65.7 Å². The lowest BCUT2D eigenvalue weighted by atomic mass is 9.66. The number of methoxy groups -OCH3 is 1. The first-order valence-electron chi connectivity index (χ1n) is 13.2. The summed E-state index contributed by atoms with van der Waals surface area (Å²) in [4.78, 5) is 11.6. The number of hydrogen-bond acceptors (Lipinski definition) is 4. The van der Waals surface area contributed by atoms with Crippen molar-refractivity contribution >= 4 is 5.96 Å². The Bertz CT molecular complexity index is 1150. The van der Waals surface area contributed by atoms with E-state index in [1.165, 1.54) is 11.1 Å². The van der Waals surface area contributed by atoms with Gasteiger partial charge in [-0.25, -0.2) is 14.9 Å². The second-order valence-electron chi connectivity index (χ2n) is 10.6. The number of nitrogens with zero attached hydrogens (tertiary/aromatic N) is 2. The molecule has 6 nitrogen and oxygen atoms in total. The second kappa shape index (κ2) is 9.91. The highest BCUT2D eigenvalue weighted by Crippen LogP contribution is 2.60. The molecule has 3 aliphatic rings. The minimum absolute atomic E-state index is 0.0663. The fourth-order valence-electron chi connectivity index (χ4n) is 6.14. The summed E-state index contributed by atoms with van der Waals surface area (Å²) in [5, 5.41) is 5.61. The van der Waals surface area contributed by atoms with E-state index < -0.39 is 5.72 Å². The molecule has 6 heteroatoms. The summed E-state index contributed by atoms with van der Waals surface area (Å²) in [6, 6.07) is 15.1. The van der Waals surface area contributed by atoms with Gasteiger partial charge in [-0.05, 0) is 80.3 Å². The number of nitrogens with one attached hydrogen (secondary N) is 1. The number of rotatable bonds is 7. The van der Waals surface area contributed by atoms with Gasteiger partial charge in [0.1, 0.15) is 5.75 Å². The highest BCUT2D eigenvalue weighted by atomic mass is 16.7. The SMILES string of the molecule is C=C(C)CN=C1NC2(ON1C)c1cc(-c3cccc(OC)c3)ccc1CC21CCC(OCCC)CC1. The van der Waals surface area contributed by atoms with Crippen LogP contribution < -0.4 is 10.1 Å². The summed E-state index contributed by atoms with van der Waals surface area (Å²) in [5.74, 6) is 1.62. The third-order valence-corrected chi connectivity index (χ3v) is 7.97. The first-order chi connectivity index (χ1) is 17.4. The zero-order valence-electron chi connectivity index (χ0n) is 22.1. The maximum absolute atomic E-state index is 6.82. The van der Waals surface area contributed by atoms with Gasteiger partial charge in [0.05, 0.1) is 19.8 Å². The molecule has 1 N–H and O–H groups in total. The Morgan fingerprint density at radius 3 is 2.69 bits per heavy atom. The summed E-state index contributed by atoms with van der Waals surface area (Å²) in [6.07, 6.45) is 6.55. The Labute approximate surface area is 215 Å². The van der Waals surface area contributed by atoms with E-state index in [0.717, 1.165) is 73.5 Å². The van der Waals surface area contributed by atoms with Crippen LogP contribution in [0.1, 0.15) is 57.1 Å². The highest BCUT2D eigenvalue weighted by molar-refractivity contribution is 5.82. The van der Waals surface area contributed by atoms with Crippen molar-refractivity contribution in [2.45, 2.75) is 64.2 Å². The van der Waals surface area contributed by atoms with Gasteiger partial charge in [0.15, 0.2) is 5.72 Å². The Hall–Kier alpha value is -2.83. The molecule has 1 saturated carbocycles. The van der Waals surface area contributed by atoms with Gasteiger partial charge in [-0.1, -0.05) is 43.3 Å². The summed E-state index contributed by atoms with van der Waals surface area (Å²) in [5.41, 5.74) is 5.14. The standard InChI is InChI=1S/C30H39N3O3/c1-6-16-35-25-12-14-29(15-13-25)19-24-11-10-23(22-8-7-9-26(17-22)34-5)18-27(24)30(29)32-28(33(4)36-30)31-20-21(2)3/h7-11,17-18,25H,2,6,12-16,19-20H2,1,3-5H3,(H,31,32). The first-order valence-corrected chi connectivity index (χ1v) is 13.2. The van der Waals surface area contributed by atoms with Gasteiger partial charge in [0.25, 0.3) is 0 Å². The monoisotopic (exact) mass is 489 g/mol. The van der Waals surface area contributed by atoms with Gasteiger partial charge in [-0.15, -0.1) is 0 Å². The van der Waals surface area contributed by atoms with Crippen molar-refractivity contribution in [3.8, 4) is 16.9 Å². The average Bonchev–Trinajstić information content (AvgIpc) is 3.36. The summed E-state index contributed by atoms with van der Waals surface area (Å²) in [6.45, 7) is 9.60. The predicted octanol–water partition coefficient (Wildman–Crippen LogP) is 5.83. The predicted molar refractivity (Wildman–Crippen MR) is 144 cm³/mol. The zero-order chi connectivity index (χ0) is 25.3. The van der Waals surface area contributed by atoms with Gasteiger partial charge < -0.3 is 14.8 Å². The fraction of sp³-hybridized carbons (Fsp3) is 0.500. The molecule has 1 heterocycles. The maximum atomic E-state index is 6.82. The number of hydroxylamine groups is 2. The molecule has 192 valence electrons. The molecule has 2 aromatic rings. The summed E-state index contributed by atoms with van der Waals surface area (Å²) < 4.78 is 11.6. The van der Waals surface area contributed by atoms with Crippen molar-refractivity contribution in [1.29, 1.82) is 0 Å². The van der Waals surface area contributed by atoms with Crippen molar-refractivity contribution in [2.75, 3.05) is 27.3 Å². The average molecular weight is 490 g/mol. The van der Waals surface area contributed by atoms with Crippen molar-refractivity contribution in [2.24, 2.45) is 10.4 Å². The topological polar surface area (TPSA) is 55.3 Å². The first kappa shape index (κ1) is 24.8. The molecule has 0 aromatic heterocycles. The Morgan fingerprint density at radius 1 is 1.19 bits per heavy atom. The van der Waals surface area contributed by atoms with E-state index in [2.05, 4.69) is 49.2 Å². The number of aliphatic imine (C=N–C) groups is 1. The summed E-state index contributed by atoms with van der Waals surface area (Å²) in [7, 11) is 3.66. The normalized spacial score (nSPS) is 28.1. The smallest absolute Gasteiger partial charge is 0.221 e. The molecule has 0 bridgehead atoms. The number of benzene rings is 2. The fourth-order valence-corrected chi connectivity index (χ4v) is 6.14. The molecular formula is C30H39N3O3. The van der Waals surface area contributed by atoms with Gasteiger partial charge >= 0.3 is 0 Å². The van der Waals surface area contributed by atoms with E-state index in [1.807, 2.05) is 31.2 Å². The molecule has 0 radical (unpaired) electrons. The lowest BCUT2D eigenvalue weighted by Gasteiger charge is -2.46. The van der Waals surface area contributed by atoms with Crippen molar-refractivity contribution in [3.63, 3.8) is 0 Å². The van der Waals surface area contributed by atoms with Crippen LogP contribution in [0, 0.1) is 5.41 Å². The van der Waals surface area contributed by atoms with Crippen LogP contribution in [0.2, 0.25) is 0 Å². The molecule has 2 fully saturated rings. The van der Waals surface area contributed by atoms with Crippen LogP contribution in [0.25, 0.3) is 11.1 Å². The lowest BCUT2D eigenvalue weighted by molar-refractivity contribution is -0.233. The van der Waals surface area contributed by atoms with E-state index in [9.17, 15) is 0 Å². The van der Waals surface area contributed by atoms with Gasteiger partial charge in [0.2, 0.25) is 5.96 Å². The molecule has 1 saturated heterocycles. The minimum Gasteiger partial charge on any atom is -0.497 e. The van der Waals surface area contributed by atoms with Crippen molar-refractivity contribution in [1.82, 2.24) is 10.4 Å². The van der Waals surface area contributed by atoms with Crippen molar-refractivity contribution < 1.29 is 14.3 Å². The third-order valence-electron chi connectivity index (χ3n) is 7.97. The van der Waals surface area contributed by atoms with Crippen LogP contribution in [0.5, 0.6) is 5.75 Å². The Kier molecular flexibility index (Phi) is 6.84. The molecular weight excluding hydrogens is 450 g/mol. The lowest BCUT2D eigenvalue weighted by Crippen LogP contribution is -2.53. The molecule has 36 heavy (non-hydrogen) atoms. The zero-order valence-corrected chi connectivity index (χ0v) is 22.1. The molecule has 5 rings (SSSR count). The van der Waals surface area contributed by atoms with Gasteiger partial charge in [-0.3, -0.25) is 0 Å². The molecule has 2 spiro atoms. The second-order valence-corrected chi connectivity index (χ2v) is 10.6. The minimum atomic E-state index is -0.657. The van der Waals surface area contributed by atoms with Crippen LogP contribution >= 0.6 is 0 Å². The van der Waals surface area contributed by atoms with Crippen LogP contribution in [0.15, 0.2) is 59.6 Å². The highest BCUT2D eigenvalue weighted by Gasteiger charge is 2.64. The third kappa shape index (κ3) is 4.31. The Morgan fingerprint density at radius 2 is 1.97 bits per heavy atom. The van der Waals surface area contributed by atoms with E-state index in [1.54, 1.807) is 7.11 Å². The van der Waals surface area contributed by atoms with Crippen LogP contribution in [0.3, 0.4) is 0 Å². The van der Waals surface area contributed by atoms with E-state index >= 15 is 0 Å². The molecule has 2 aromatic carbocycles. The number of hydrogen-bond donors (Lipinski definition) is 1. The van der Waals surface area contributed by atoms with E-state index in [4.69, 9.17) is 19.3 Å². The Balaban J connectivity index is 1.55. The quantitative estimate of drug-likeness (QED) is 0.496. The number of ether oxygens (including phenoxy) is 2. The van der Waals surface area contributed by atoms with E-state index in [0.29, 0.717) is 12.6 Å². The molecule has 2 aliphatic carbocycles. The maximum Gasteiger partial charge on any atom is 0.221 e. The molecule has 0 amide bonds. The molecule has 1 aliphatic heterocycles. The largest absolute Gasteiger partial charge is 0.497 e. The van der Waals surface area contributed by atoms with Gasteiger partial charge in [-0.2, -0.15) is 0 Å².